The monoisotopic (exact) mass is 353 g/mol. The number of rotatable bonds is 8. The third-order valence-corrected chi connectivity index (χ3v) is 4.74. The van der Waals surface area contributed by atoms with Crippen molar-refractivity contribution >= 4 is 11.9 Å². The molecule has 0 saturated heterocycles. The summed E-state index contributed by atoms with van der Waals surface area (Å²) in [5, 5.41) is 8.63. The number of benzene rings is 2. The van der Waals surface area contributed by atoms with Crippen molar-refractivity contribution in [3.05, 3.63) is 65.7 Å². The molecule has 0 spiro atoms. The minimum atomic E-state index is -1.01. The number of amides is 1. The van der Waals surface area contributed by atoms with Gasteiger partial charge in [0.05, 0.1) is 5.41 Å². The summed E-state index contributed by atoms with van der Waals surface area (Å²) in [5.74, 6) is -0.312. The van der Waals surface area contributed by atoms with Crippen LogP contribution in [0.1, 0.15) is 24.0 Å². The fourth-order valence-electron chi connectivity index (χ4n) is 3.19. The van der Waals surface area contributed by atoms with Gasteiger partial charge in [0.25, 0.3) is 0 Å². The molecule has 0 radical (unpaired) electrons. The van der Waals surface area contributed by atoms with Crippen molar-refractivity contribution in [1.29, 1.82) is 0 Å². The van der Waals surface area contributed by atoms with Gasteiger partial charge in [0, 0.05) is 13.6 Å². The predicted octanol–water partition coefficient (Wildman–Crippen LogP) is 3.13. The molecular formula is C21H23NO4. The summed E-state index contributed by atoms with van der Waals surface area (Å²) in [6.07, 6.45) is 2.67. The van der Waals surface area contributed by atoms with Crippen LogP contribution >= 0.6 is 0 Å². The summed E-state index contributed by atoms with van der Waals surface area (Å²) >= 11 is 0. The van der Waals surface area contributed by atoms with Crippen LogP contribution in [-0.4, -0.2) is 35.5 Å². The molecule has 1 fully saturated rings. The van der Waals surface area contributed by atoms with Crippen LogP contribution < -0.4 is 4.74 Å². The van der Waals surface area contributed by atoms with Gasteiger partial charge in [0.15, 0.2) is 6.61 Å². The Morgan fingerprint density at radius 2 is 1.69 bits per heavy atom. The van der Waals surface area contributed by atoms with E-state index in [0.717, 1.165) is 24.8 Å². The van der Waals surface area contributed by atoms with Gasteiger partial charge < -0.3 is 14.7 Å². The molecule has 3 rings (SSSR count). The molecule has 26 heavy (non-hydrogen) atoms. The Hall–Kier alpha value is -2.82. The molecular weight excluding hydrogens is 330 g/mol. The molecule has 2 aromatic rings. The molecule has 1 N–H and O–H groups in total. The predicted molar refractivity (Wildman–Crippen MR) is 97.9 cm³/mol. The Kier molecular flexibility index (Phi) is 5.26. The van der Waals surface area contributed by atoms with Crippen LogP contribution in [0.5, 0.6) is 5.75 Å². The summed E-state index contributed by atoms with van der Waals surface area (Å²) in [6, 6.07) is 17.3. The quantitative estimate of drug-likeness (QED) is 0.792. The molecule has 5 heteroatoms. The molecule has 1 amide bonds. The van der Waals surface area contributed by atoms with E-state index in [1.54, 1.807) is 17.0 Å². The van der Waals surface area contributed by atoms with Crippen molar-refractivity contribution in [2.24, 2.45) is 5.41 Å². The van der Waals surface area contributed by atoms with Crippen molar-refractivity contribution in [3.63, 3.8) is 0 Å². The zero-order valence-electron chi connectivity index (χ0n) is 14.9. The number of hydrogen-bond donors (Lipinski definition) is 1. The highest BCUT2D eigenvalue weighted by Crippen LogP contribution is 2.49. The Bertz CT molecular complexity index is 766. The summed E-state index contributed by atoms with van der Waals surface area (Å²) in [4.78, 5) is 25.2. The SMILES string of the molecule is CN(Cc1ccc(OCC(=O)O)cc1)C(=O)C1(Cc2ccccc2)CC1. The minimum absolute atomic E-state index is 0.188. The Morgan fingerprint density at radius 1 is 1.04 bits per heavy atom. The van der Waals surface area contributed by atoms with Crippen molar-refractivity contribution in [3.8, 4) is 5.75 Å². The highest BCUT2D eigenvalue weighted by atomic mass is 16.5. The molecule has 0 aliphatic heterocycles. The number of aliphatic carboxylic acids is 1. The maximum absolute atomic E-state index is 12.9. The number of ether oxygens (including phenoxy) is 1. The molecule has 1 aliphatic rings. The van der Waals surface area contributed by atoms with Crippen molar-refractivity contribution < 1.29 is 19.4 Å². The van der Waals surface area contributed by atoms with E-state index < -0.39 is 5.97 Å². The number of hydrogen-bond acceptors (Lipinski definition) is 3. The number of carbonyl (C=O) groups is 2. The van der Waals surface area contributed by atoms with E-state index in [1.165, 1.54) is 5.56 Å². The first-order valence-corrected chi connectivity index (χ1v) is 8.72. The van der Waals surface area contributed by atoms with E-state index in [4.69, 9.17) is 9.84 Å². The van der Waals surface area contributed by atoms with Crippen LogP contribution in [0, 0.1) is 5.41 Å². The average Bonchev–Trinajstić information content (AvgIpc) is 3.42. The van der Waals surface area contributed by atoms with E-state index >= 15 is 0 Å². The third kappa shape index (κ3) is 4.42. The van der Waals surface area contributed by atoms with Crippen LogP contribution in [0.2, 0.25) is 0 Å². The van der Waals surface area contributed by atoms with Gasteiger partial charge in [-0.1, -0.05) is 42.5 Å². The summed E-state index contributed by atoms with van der Waals surface area (Å²) in [6.45, 7) is 0.161. The van der Waals surface area contributed by atoms with Crippen molar-refractivity contribution in [2.75, 3.05) is 13.7 Å². The third-order valence-electron chi connectivity index (χ3n) is 4.74. The van der Waals surface area contributed by atoms with Gasteiger partial charge in [-0.15, -0.1) is 0 Å². The number of nitrogens with zero attached hydrogens (tertiary/aromatic N) is 1. The first-order valence-electron chi connectivity index (χ1n) is 8.72. The van der Waals surface area contributed by atoms with Crippen LogP contribution in [0.3, 0.4) is 0 Å². The minimum Gasteiger partial charge on any atom is -0.482 e. The summed E-state index contributed by atoms with van der Waals surface area (Å²) in [5.41, 5.74) is 1.94. The Balaban J connectivity index is 1.58. The maximum atomic E-state index is 12.9. The molecule has 0 unspecified atom stereocenters. The van der Waals surface area contributed by atoms with E-state index in [1.807, 2.05) is 37.4 Å². The molecule has 1 aliphatic carbocycles. The molecule has 2 aromatic carbocycles. The van der Waals surface area contributed by atoms with Gasteiger partial charge in [-0.05, 0) is 42.5 Å². The molecule has 1 saturated carbocycles. The Labute approximate surface area is 153 Å². The number of carbonyl (C=O) groups excluding carboxylic acids is 1. The Morgan fingerprint density at radius 3 is 2.27 bits per heavy atom. The van der Waals surface area contributed by atoms with Gasteiger partial charge in [-0.3, -0.25) is 4.79 Å². The van der Waals surface area contributed by atoms with Crippen LogP contribution in [-0.2, 0) is 22.6 Å². The van der Waals surface area contributed by atoms with Crippen molar-refractivity contribution in [2.45, 2.75) is 25.8 Å². The van der Waals surface area contributed by atoms with E-state index in [9.17, 15) is 9.59 Å². The fourth-order valence-corrected chi connectivity index (χ4v) is 3.19. The lowest BCUT2D eigenvalue weighted by molar-refractivity contribution is -0.139. The number of carboxylic acids is 1. The summed E-state index contributed by atoms with van der Waals surface area (Å²) < 4.78 is 5.13. The molecule has 0 heterocycles. The highest BCUT2D eigenvalue weighted by molar-refractivity contribution is 5.85. The first-order chi connectivity index (χ1) is 12.5. The second-order valence-corrected chi connectivity index (χ2v) is 6.93. The van der Waals surface area contributed by atoms with Crippen LogP contribution in [0.25, 0.3) is 0 Å². The topological polar surface area (TPSA) is 66.8 Å². The van der Waals surface area contributed by atoms with Gasteiger partial charge in [0.1, 0.15) is 5.75 Å². The second kappa shape index (κ2) is 7.60. The highest BCUT2D eigenvalue weighted by Gasteiger charge is 2.50. The smallest absolute Gasteiger partial charge is 0.341 e. The van der Waals surface area contributed by atoms with E-state index in [2.05, 4.69) is 12.1 Å². The first kappa shape index (κ1) is 18.0. The second-order valence-electron chi connectivity index (χ2n) is 6.93. The lowest BCUT2D eigenvalue weighted by atomic mass is 9.95. The molecule has 5 nitrogen and oxygen atoms in total. The normalized spacial score (nSPS) is 14.5. The van der Waals surface area contributed by atoms with Gasteiger partial charge in [-0.25, -0.2) is 4.79 Å². The fraction of sp³-hybridized carbons (Fsp3) is 0.333. The zero-order chi connectivity index (χ0) is 18.6. The average molecular weight is 353 g/mol. The standard InChI is InChI=1S/C21H23NO4/c1-22(14-17-7-9-18(10-8-17)26-15-19(23)24)20(25)21(11-12-21)13-16-5-3-2-4-6-16/h2-10H,11-15H2,1H3,(H,23,24). The lowest BCUT2D eigenvalue weighted by Gasteiger charge is -2.24. The lowest BCUT2D eigenvalue weighted by Crippen LogP contribution is -2.34. The molecule has 136 valence electrons. The van der Waals surface area contributed by atoms with Crippen molar-refractivity contribution in [1.82, 2.24) is 4.90 Å². The number of carboxylic acid groups (broad SMARTS) is 1. The van der Waals surface area contributed by atoms with E-state index in [0.29, 0.717) is 12.3 Å². The van der Waals surface area contributed by atoms with E-state index in [-0.39, 0.29) is 17.9 Å². The molecule has 0 aromatic heterocycles. The molecule has 0 atom stereocenters. The van der Waals surface area contributed by atoms with Gasteiger partial charge in [-0.2, -0.15) is 0 Å². The summed E-state index contributed by atoms with van der Waals surface area (Å²) in [7, 11) is 1.84. The van der Waals surface area contributed by atoms with Gasteiger partial charge in [0.2, 0.25) is 5.91 Å². The molecule has 0 bridgehead atoms. The van der Waals surface area contributed by atoms with Crippen LogP contribution in [0.4, 0.5) is 0 Å². The largest absolute Gasteiger partial charge is 0.482 e. The maximum Gasteiger partial charge on any atom is 0.341 e. The zero-order valence-corrected chi connectivity index (χ0v) is 14.9. The van der Waals surface area contributed by atoms with Crippen LogP contribution in [0.15, 0.2) is 54.6 Å². The van der Waals surface area contributed by atoms with Gasteiger partial charge >= 0.3 is 5.97 Å².